The van der Waals surface area contributed by atoms with Crippen LogP contribution < -0.4 is 16.0 Å². The first-order valence-electron chi connectivity index (χ1n) is 8.36. The molecule has 0 saturated heterocycles. The van der Waals surface area contributed by atoms with Gasteiger partial charge in [0.05, 0.1) is 16.5 Å². The zero-order chi connectivity index (χ0) is 20.4. The number of carbonyl (C=O) groups is 2. The van der Waals surface area contributed by atoms with Gasteiger partial charge in [0.2, 0.25) is 0 Å². The van der Waals surface area contributed by atoms with Gasteiger partial charge in [-0.15, -0.1) is 0 Å². The molecule has 0 aliphatic carbocycles. The molecule has 28 heavy (non-hydrogen) atoms. The minimum Gasteiger partial charge on any atom is -0.327 e. The van der Waals surface area contributed by atoms with E-state index in [-0.39, 0.29) is 11.3 Å². The summed E-state index contributed by atoms with van der Waals surface area (Å²) in [7, 11) is 0. The number of nitrogens with zero attached hydrogens (tertiary/aromatic N) is 1. The molecule has 1 aliphatic rings. The van der Waals surface area contributed by atoms with E-state index >= 15 is 0 Å². The summed E-state index contributed by atoms with van der Waals surface area (Å²) in [6.07, 6.45) is 0. The number of non-ortho nitro benzene ring substituents is 1. The van der Waals surface area contributed by atoms with Crippen molar-refractivity contribution in [2.75, 3.05) is 5.32 Å². The van der Waals surface area contributed by atoms with E-state index in [4.69, 9.17) is 11.6 Å². The Bertz CT molecular complexity index is 1020. The molecule has 0 saturated carbocycles. The first-order valence-corrected chi connectivity index (χ1v) is 8.74. The highest BCUT2D eigenvalue weighted by Gasteiger charge is 2.32. The van der Waals surface area contributed by atoms with Crippen LogP contribution in [-0.4, -0.2) is 16.9 Å². The highest BCUT2D eigenvalue weighted by atomic mass is 35.5. The molecule has 2 aromatic carbocycles. The second-order valence-corrected chi connectivity index (χ2v) is 6.75. The highest BCUT2D eigenvalue weighted by molar-refractivity contribution is 6.31. The third-order valence-electron chi connectivity index (χ3n) is 4.36. The fourth-order valence-electron chi connectivity index (χ4n) is 2.93. The molecule has 1 unspecified atom stereocenters. The van der Waals surface area contributed by atoms with Gasteiger partial charge in [0.25, 0.3) is 11.6 Å². The average Bonchev–Trinajstić information content (AvgIpc) is 2.64. The second-order valence-electron chi connectivity index (χ2n) is 6.34. The summed E-state index contributed by atoms with van der Waals surface area (Å²) >= 11 is 6.11. The number of urea groups is 1. The van der Waals surface area contributed by atoms with Gasteiger partial charge in [-0.25, -0.2) is 4.79 Å². The summed E-state index contributed by atoms with van der Waals surface area (Å²) in [6, 6.07) is 9.58. The molecule has 3 amide bonds. The SMILES string of the molecule is CC1=C(C(=O)Nc2ccc(C)c(Cl)c2)C(c2cccc([N+](=O)[O-])c2)NC(=O)N1. The lowest BCUT2D eigenvalue weighted by Gasteiger charge is -2.28. The van der Waals surface area contributed by atoms with Gasteiger partial charge in [0, 0.05) is 28.5 Å². The molecule has 0 bridgehead atoms. The van der Waals surface area contributed by atoms with Gasteiger partial charge in [0.15, 0.2) is 0 Å². The van der Waals surface area contributed by atoms with Crippen molar-refractivity contribution in [1.29, 1.82) is 0 Å². The van der Waals surface area contributed by atoms with Gasteiger partial charge in [-0.05, 0) is 37.1 Å². The Labute approximate surface area is 165 Å². The minimum absolute atomic E-state index is 0.131. The third-order valence-corrected chi connectivity index (χ3v) is 4.77. The number of halogens is 1. The highest BCUT2D eigenvalue weighted by Crippen LogP contribution is 2.30. The quantitative estimate of drug-likeness (QED) is 0.534. The van der Waals surface area contributed by atoms with Crippen LogP contribution in [0.5, 0.6) is 0 Å². The lowest BCUT2D eigenvalue weighted by molar-refractivity contribution is -0.384. The molecule has 1 aliphatic heterocycles. The summed E-state index contributed by atoms with van der Waals surface area (Å²) in [4.78, 5) is 35.4. The van der Waals surface area contributed by atoms with Crippen molar-refractivity contribution in [2.24, 2.45) is 0 Å². The molecule has 144 valence electrons. The van der Waals surface area contributed by atoms with Gasteiger partial charge in [-0.3, -0.25) is 14.9 Å². The topological polar surface area (TPSA) is 113 Å². The van der Waals surface area contributed by atoms with E-state index in [0.29, 0.717) is 22.0 Å². The maximum absolute atomic E-state index is 12.9. The molecule has 3 N–H and O–H groups in total. The fourth-order valence-corrected chi connectivity index (χ4v) is 3.11. The summed E-state index contributed by atoms with van der Waals surface area (Å²) in [5.74, 6) is -0.457. The molecule has 1 atom stereocenters. The Balaban J connectivity index is 1.97. The van der Waals surface area contributed by atoms with Crippen LogP contribution in [0.2, 0.25) is 5.02 Å². The molecular weight excluding hydrogens is 384 g/mol. The molecule has 8 nitrogen and oxygen atoms in total. The smallest absolute Gasteiger partial charge is 0.319 e. The Hall–Kier alpha value is -3.39. The number of carbonyl (C=O) groups excluding carboxylic acids is 2. The number of hydrogen-bond acceptors (Lipinski definition) is 4. The van der Waals surface area contributed by atoms with Gasteiger partial charge >= 0.3 is 6.03 Å². The van der Waals surface area contributed by atoms with E-state index in [9.17, 15) is 19.7 Å². The Morgan fingerprint density at radius 3 is 2.64 bits per heavy atom. The molecule has 0 radical (unpaired) electrons. The first kappa shape index (κ1) is 19.4. The molecule has 3 rings (SSSR count). The van der Waals surface area contributed by atoms with Gasteiger partial charge < -0.3 is 16.0 Å². The molecule has 0 fully saturated rings. The molecular formula is C19H17ClN4O4. The number of nitro benzene ring substituents is 1. The number of nitrogens with one attached hydrogen (secondary N) is 3. The lowest BCUT2D eigenvalue weighted by Crippen LogP contribution is -2.46. The van der Waals surface area contributed by atoms with Crippen molar-refractivity contribution in [3.05, 3.63) is 80.0 Å². The van der Waals surface area contributed by atoms with E-state index in [2.05, 4.69) is 16.0 Å². The van der Waals surface area contributed by atoms with Crippen molar-refractivity contribution < 1.29 is 14.5 Å². The van der Waals surface area contributed by atoms with Crippen molar-refractivity contribution in [2.45, 2.75) is 19.9 Å². The average molecular weight is 401 g/mol. The van der Waals surface area contributed by atoms with Crippen LogP contribution in [-0.2, 0) is 4.79 Å². The third kappa shape index (κ3) is 3.96. The van der Waals surface area contributed by atoms with Crippen molar-refractivity contribution in [3.63, 3.8) is 0 Å². The summed E-state index contributed by atoms with van der Waals surface area (Å²) in [6.45, 7) is 3.44. The van der Waals surface area contributed by atoms with Crippen LogP contribution in [0.1, 0.15) is 24.1 Å². The number of hydrogen-bond donors (Lipinski definition) is 3. The number of rotatable bonds is 4. The number of amides is 3. The molecule has 0 spiro atoms. The number of aryl methyl sites for hydroxylation is 1. The van der Waals surface area contributed by atoms with Crippen molar-refractivity contribution in [3.8, 4) is 0 Å². The zero-order valence-corrected chi connectivity index (χ0v) is 15.8. The number of benzene rings is 2. The van der Waals surface area contributed by atoms with Gasteiger partial charge in [-0.1, -0.05) is 29.8 Å². The van der Waals surface area contributed by atoms with Crippen LogP contribution in [0.15, 0.2) is 53.7 Å². The Kier molecular flexibility index (Phi) is 5.32. The minimum atomic E-state index is -0.838. The zero-order valence-electron chi connectivity index (χ0n) is 15.1. The molecule has 0 aromatic heterocycles. The first-order chi connectivity index (χ1) is 13.3. The number of allylic oxidation sites excluding steroid dienone is 1. The molecule has 9 heteroatoms. The van der Waals surface area contributed by atoms with E-state index in [1.165, 1.54) is 18.2 Å². The van der Waals surface area contributed by atoms with Crippen LogP contribution in [0.3, 0.4) is 0 Å². The molecule has 2 aromatic rings. The maximum atomic E-state index is 12.9. The lowest BCUT2D eigenvalue weighted by atomic mass is 9.94. The van der Waals surface area contributed by atoms with Crippen LogP contribution in [0.25, 0.3) is 0 Å². The van der Waals surface area contributed by atoms with E-state index in [1.54, 1.807) is 31.2 Å². The number of nitro groups is 1. The standard InChI is InChI=1S/C19H17ClN4O4/c1-10-6-7-13(9-15(10)20)22-18(25)16-11(2)21-19(26)23-17(16)12-4-3-5-14(8-12)24(27)28/h3-9,17H,1-2H3,(H,22,25)(H2,21,23,26). The summed E-state index contributed by atoms with van der Waals surface area (Å²) in [5.41, 5.74) is 2.27. The van der Waals surface area contributed by atoms with Crippen molar-refractivity contribution >= 4 is 34.9 Å². The van der Waals surface area contributed by atoms with E-state index in [1.807, 2.05) is 6.92 Å². The summed E-state index contributed by atoms with van der Waals surface area (Å²) in [5, 5.41) is 19.6. The fraction of sp³-hybridized carbons (Fsp3) is 0.158. The van der Waals surface area contributed by atoms with E-state index < -0.39 is 22.9 Å². The summed E-state index contributed by atoms with van der Waals surface area (Å²) < 4.78 is 0. The van der Waals surface area contributed by atoms with Gasteiger partial charge in [0.1, 0.15) is 0 Å². The monoisotopic (exact) mass is 400 g/mol. The van der Waals surface area contributed by atoms with Gasteiger partial charge in [-0.2, -0.15) is 0 Å². The van der Waals surface area contributed by atoms with Crippen molar-refractivity contribution in [1.82, 2.24) is 10.6 Å². The van der Waals surface area contributed by atoms with E-state index in [0.717, 1.165) is 5.56 Å². The van der Waals surface area contributed by atoms with Crippen LogP contribution >= 0.6 is 11.6 Å². The van der Waals surface area contributed by atoms with Crippen LogP contribution in [0.4, 0.5) is 16.2 Å². The Morgan fingerprint density at radius 2 is 1.96 bits per heavy atom. The number of anilines is 1. The maximum Gasteiger partial charge on any atom is 0.319 e. The normalized spacial score (nSPS) is 16.2. The largest absolute Gasteiger partial charge is 0.327 e. The predicted octanol–water partition coefficient (Wildman–Crippen LogP) is 3.82. The Morgan fingerprint density at radius 1 is 1.21 bits per heavy atom. The predicted molar refractivity (Wildman–Crippen MR) is 105 cm³/mol. The second kappa shape index (κ2) is 7.69. The van der Waals surface area contributed by atoms with Crippen LogP contribution in [0, 0.1) is 17.0 Å². The molecule has 1 heterocycles.